The molecule has 2 aromatic carbocycles. The molecule has 19 heavy (non-hydrogen) atoms. The SMILES string of the molecule is CCC(C)CNc1ccc(Nc2ccccc2)cc1. The van der Waals surface area contributed by atoms with E-state index in [0.717, 1.165) is 17.9 Å². The van der Waals surface area contributed by atoms with Gasteiger partial charge in [0.1, 0.15) is 0 Å². The normalized spacial score (nSPS) is 11.9. The van der Waals surface area contributed by atoms with Crippen molar-refractivity contribution in [3.8, 4) is 0 Å². The highest BCUT2D eigenvalue weighted by Gasteiger charge is 1.99. The molecule has 0 radical (unpaired) electrons. The van der Waals surface area contributed by atoms with Crippen LogP contribution in [-0.4, -0.2) is 6.54 Å². The van der Waals surface area contributed by atoms with Crippen molar-refractivity contribution in [2.24, 2.45) is 5.92 Å². The number of rotatable bonds is 6. The van der Waals surface area contributed by atoms with Gasteiger partial charge in [-0.05, 0) is 42.3 Å². The van der Waals surface area contributed by atoms with Crippen molar-refractivity contribution >= 4 is 17.1 Å². The highest BCUT2D eigenvalue weighted by Crippen LogP contribution is 2.18. The number of hydrogen-bond donors (Lipinski definition) is 2. The molecule has 2 rings (SSSR count). The molecule has 2 nitrogen and oxygen atoms in total. The fraction of sp³-hybridized carbons (Fsp3) is 0.294. The standard InChI is InChI=1S/C17H22N2/c1-3-14(2)13-18-15-9-11-17(12-10-15)19-16-7-5-4-6-8-16/h4-12,14,18-19H,3,13H2,1-2H3. The summed E-state index contributed by atoms with van der Waals surface area (Å²) < 4.78 is 0. The maximum atomic E-state index is 3.46. The number of hydrogen-bond acceptors (Lipinski definition) is 2. The van der Waals surface area contributed by atoms with Gasteiger partial charge >= 0.3 is 0 Å². The smallest absolute Gasteiger partial charge is 0.0385 e. The minimum absolute atomic E-state index is 0.710. The fourth-order valence-electron chi connectivity index (χ4n) is 1.80. The zero-order valence-corrected chi connectivity index (χ0v) is 11.7. The Hall–Kier alpha value is -1.96. The van der Waals surface area contributed by atoms with E-state index in [1.807, 2.05) is 18.2 Å². The van der Waals surface area contributed by atoms with Crippen LogP contribution in [-0.2, 0) is 0 Å². The largest absolute Gasteiger partial charge is 0.385 e. The minimum Gasteiger partial charge on any atom is -0.385 e. The molecule has 0 aromatic heterocycles. The van der Waals surface area contributed by atoms with Crippen molar-refractivity contribution in [3.63, 3.8) is 0 Å². The van der Waals surface area contributed by atoms with E-state index in [-0.39, 0.29) is 0 Å². The third kappa shape index (κ3) is 4.32. The monoisotopic (exact) mass is 254 g/mol. The number of nitrogens with one attached hydrogen (secondary N) is 2. The molecule has 2 N–H and O–H groups in total. The van der Waals surface area contributed by atoms with E-state index in [1.54, 1.807) is 0 Å². The van der Waals surface area contributed by atoms with Gasteiger partial charge in [0, 0.05) is 23.6 Å². The molecule has 2 aromatic rings. The first-order valence-corrected chi connectivity index (χ1v) is 6.94. The topological polar surface area (TPSA) is 24.1 Å². The van der Waals surface area contributed by atoms with Gasteiger partial charge in [0.15, 0.2) is 0 Å². The van der Waals surface area contributed by atoms with Gasteiger partial charge in [0.2, 0.25) is 0 Å². The van der Waals surface area contributed by atoms with Crippen molar-refractivity contribution in [2.45, 2.75) is 20.3 Å². The minimum atomic E-state index is 0.710. The predicted molar refractivity (Wildman–Crippen MR) is 84.1 cm³/mol. The molecule has 2 heteroatoms. The van der Waals surface area contributed by atoms with E-state index in [9.17, 15) is 0 Å². The van der Waals surface area contributed by atoms with Gasteiger partial charge in [-0.1, -0.05) is 38.5 Å². The Labute approximate surface area is 115 Å². The molecule has 0 amide bonds. The lowest BCUT2D eigenvalue weighted by molar-refractivity contribution is 0.593. The molecule has 0 spiro atoms. The summed E-state index contributed by atoms with van der Waals surface area (Å²) in [5.74, 6) is 0.710. The van der Waals surface area contributed by atoms with E-state index in [1.165, 1.54) is 12.1 Å². The molecule has 0 aliphatic heterocycles. The molecule has 0 heterocycles. The number of para-hydroxylation sites is 1. The van der Waals surface area contributed by atoms with Gasteiger partial charge < -0.3 is 10.6 Å². The first-order chi connectivity index (χ1) is 9.28. The lowest BCUT2D eigenvalue weighted by atomic mass is 10.1. The van der Waals surface area contributed by atoms with E-state index in [4.69, 9.17) is 0 Å². The Bertz CT molecular complexity index is 476. The van der Waals surface area contributed by atoms with Crippen molar-refractivity contribution < 1.29 is 0 Å². The second-order valence-electron chi connectivity index (χ2n) is 4.96. The third-order valence-corrected chi connectivity index (χ3v) is 3.30. The molecular weight excluding hydrogens is 232 g/mol. The summed E-state index contributed by atoms with van der Waals surface area (Å²) >= 11 is 0. The molecular formula is C17H22N2. The van der Waals surface area contributed by atoms with Crippen LogP contribution in [0.4, 0.5) is 17.1 Å². The molecule has 1 unspecified atom stereocenters. The van der Waals surface area contributed by atoms with Crippen LogP contribution in [0.15, 0.2) is 54.6 Å². The van der Waals surface area contributed by atoms with Crippen LogP contribution in [0.3, 0.4) is 0 Å². The van der Waals surface area contributed by atoms with Gasteiger partial charge in [0.05, 0.1) is 0 Å². The van der Waals surface area contributed by atoms with Crippen LogP contribution in [0.1, 0.15) is 20.3 Å². The van der Waals surface area contributed by atoms with E-state index in [0.29, 0.717) is 5.92 Å². The lowest BCUT2D eigenvalue weighted by Crippen LogP contribution is -2.09. The average Bonchev–Trinajstić information content (AvgIpc) is 2.47. The second-order valence-corrected chi connectivity index (χ2v) is 4.96. The summed E-state index contributed by atoms with van der Waals surface area (Å²) in [4.78, 5) is 0. The Morgan fingerprint density at radius 2 is 1.42 bits per heavy atom. The summed E-state index contributed by atoms with van der Waals surface area (Å²) in [6.45, 7) is 5.51. The molecule has 0 saturated heterocycles. The van der Waals surface area contributed by atoms with E-state index < -0.39 is 0 Å². The Morgan fingerprint density at radius 1 is 0.842 bits per heavy atom. The van der Waals surface area contributed by atoms with Crippen LogP contribution in [0.2, 0.25) is 0 Å². The number of benzene rings is 2. The zero-order valence-electron chi connectivity index (χ0n) is 11.7. The fourth-order valence-corrected chi connectivity index (χ4v) is 1.80. The Kier molecular flexibility index (Phi) is 4.85. The van der Waals surface area contributed by atoms with Crippen LogP contribution in [0, 0.1) is 5.92 Å². The van der Waals surface area contributed by atoms with Crippen molar-refractivity contribution in [1.29, 1.82) is 0 Å². The first kappa shape index (κ1) is 13.5. The van der Waals surface area contributed by atoms with Crippen LogP contribution in [0.25, 0.3) is 0 Å². The maximum absolute atomic E-state index is 3.46. The molecule has 0 aliphatic carbocycles. The Morgan fingerprint density at radius 3 is 2.05 bits per heavy atom. The van der Waals surface area contributed by atoms with Crippen molar-refractivity contribution in [3.05, 3.63) is 54.6 Å². The molecule has 0 aliphatic rings. The highest BCUT2D eigenvalue weighted by molar-refractivity contribution is 5.62. The summed E-state index contributed by atoms with van der Waals surface area (Å²) in [7, 11) is 0. The summed E-state index contributed by atoms with van der Waals surface area (Å²) in [5, 5.41) is 6.84. The van der Waals surface area contributed by atoms with Gasteiger partial charge in [-0.25, -0.2) is 0 Å². The molecule has 0 saturated carbocycles. The number of anilines is 3. The van der Waals surface area contributed by atoms with Gasteiger partial charge in [-0.2, -0.15) is 0 Å². The Balaban J connectivity index is 1.91. The van der Waals surface area contributed by atoms with E-state index >= 15 is 0 Å². The summed E-state index contributed by atoms with van der Waals surface area (Å²) in [5.41, 5.74) is 3.40. The molecule has 0 bridgehead atoms. The quantitative estimate of drug-likeness (QED) is 0.767. The molecule has 0 fully saturated rings. The lowest BCUT2D eigenvalue weighted by Gasteiger charge is -2.12. The van der Waals surface area contributed by atoms with Gasteiger partial charge in [0.25, 0.3) is 0 Å². The van der Waals surface area contributed by atoms with E-state index in [2.05, 4.69) is 60.9 Å². The first-order valence-electron chi connectivity index (χ1n) is 6.94. The maximum Gasteiger partial charge on any atom is 0.0385 e. The van der Waals surface area contributed by atoms with Crippen molar-refractivity contribution in [2.75, 3.05) is 17.2 Å². The summed E-state index contributed by atoms with van der Waals surface area (Å²) in [6.07, 6.45) is 1.21. The third-order valence-electron chi connectivity index (χ3n) is 3.30. The second kappa shape index (κ2) is 6.83. The summed E-state index contributed by atoms with van der Waals surface area (Å²) in [6, 6.07) is 18.7. The highest BCUT2D eigenvalue weighted by atomic mass is 14.9. The molecule has 1 atom stereocenters. The predicted octanol–water partition coefficient (Wildman–Crippen LogP) is 4.89. The van der Waals surface area contributed by atoms with Crippen LogP contribution in [0.5, 0.6) is 0 Å². The van der Waals surface area contributed by atoms with Crippen LogP contribution >= 0.6 is 0 Å². The zero-order chi connectivity index (χ0) is 13.5. The average molecular weight is 254 g/mol. The van der Waals surface area contributed by atoms with Gasteiger partial charge in [-0.15, -0.1) is 0 Å². The van der Waals surface area contributed by atoms with Crippen LogP contribution < -0.4 is 10.6 Å². The van der Waals surface area contributed by atoms with Crippen molar-refractivity contribution in [1.82, 2.24) is 0 Å². The molecule has 100 valence electrons. The van der Waals surface area contributed by atoms with Gasteiger partial charge in [-0.3, -0.25) is 0 Å².